The van der Waals surface area contributed by atoms with Crippen molar-refractivity contribution >= 4 is 11.9 Å². The molecular formula is C32H62O5. The van der Waals surface area contributed by atoms with E-state index in [1.54, 1.807) is 0 Å². The molecule has 0 aromatic carbocycles. The summed E-state index contributed by atoms with van der Waals surface area (Å²) < 4.78 is 10.4. The highest BCUT2D eigenvalue weighted by molar-refractivity contribution is 5.70. The van der Waals surface area contributed by atoms with Crippen LogP contribution in [0.4, 0.5) is 0 Å². The van der Waals surface area contributed by atoms with E-state index in [4.69, 9.17) is 9.47 Å². The molecule has 220 valence electrons. The molecule has 1 atom stereocenters. The number of hydrogen-bond acceptors (Lipinski definition) is 5. The van der Waals surface area contributed by atoms with Crippen molar-refractivity contribution < 1.29 is 24.2 Å². The Morgan fingerprint density at radius 1 is 0.514 bits per heavy atom. The zero-order valence-electron chi connectivity index (χ0n) is 24.7. The Morgan fingerprint density at radius 2 is 0.838 bits per heavy atom. The fourth-order valence-corrected chi connectivity index (χ4v) is 4.67. The summed E-state index contributed by atoms with van der Waals surface area (Å²) in [5.74, 6) is -0.611. The number of aliphatic hydroxyl groups excluding tert-OH is 1. The first-order valence-electron chi connectivity index (χ1n) is 16.1. The number of hydrogen-bond donors (Lipinski definition) is 1. The lowest BCUT2D eigenvalue weighted by atomic mass is 10.0. The smallest absolute Gasteiger partial charge is 0.306 e. The summed E-state index contributed by atoms with van der Waals surface area (Å²) in [5, 5.41) is 9.37. The van der Waals surface area contributed by atoms with Crippen LogP contribution in [0.25, 0.3) is 0 Å². The van der Waals surface area contributed by atoms with E-state index in [1.807, 2.05) is 0 Å². The number of ether oxygens (including phenoxy) is 2. The monoisotopic (exact) mass is 526 g/mol. The van der Waals surface area contributed by atoms with Crippen LogP contribution < -0.4 is 0 Å². The molecule has 0 amide bonds. The molecule has 0 aromatic rings. The largest absolute Gasteiger partial charge is 0.462 e. The van der Waals surface area contributed by atoms with E-state index < -0.39 is 6.10 Å². The lowest BCUT2D eigenvalue weighted by molar-refractivity contribution is -0.161. The van der Waals surface area contributed by atoms with Gasteiger partial charge in [0.05, 0.1) is 6.61 Å². The molecule has 0 aromatic heterocycles. The number of carbonyl (C=O) groups is 2. The van der Waals surface area contributed by atoms with Crippen molar-refractivity contribution in [2.24, 2.45) is 0 Å². The zero-order valence-corrected chi connectivity index (χ0v) is 24.7. The van der Waals surface area contributed by atoms with Gasteiger partial charge in [0.2, 0.25) is 0 Å². The Morgan fingerprint density at radius 3 is 1.24 bits per heavy atom. The summed E-state index contributed by atoms with van der Waals surface area (Å²) in [7, 11) is 0. The van der Waals surface area contributed by atoms with E-state index in [9.17, 15) is 14.7 Å². The Hall–Kier alpha value is -1.10. The summed E-state index contributed by atoms with van der Waals surface area (Å²) >= 11 is 0. The summed E-state index contributed by atoms with van der Waals surface area (Å²) in [6, 6.07) is 0. The molecule has 0 aliphatic carbocycles. The van der Waals surface area contributed by atoms with E-state index in [0.717, 1.165) is 38.5 Å². The predicted octanol–water partition coefficient (Wildman–Crippen LogP) is 9.23. The first-order chi connectivity index (χ1) is 18.1. The topological polar surface area (TPSA) is 72.8 Å². The van der Waals surface area contributed by atoms with Crippen LogP contribution in [0.15, 0.2) is 0 Å². The zero-order chi connectivity index (χ0) is 27.2. The van der Waals surface area contributed by atoms with Crippen molar-refractivity contribution in [3.8, 4) is 0 Å². The molecule has 0 rings (SSSR count). The molecule has 0 fully saturated rings. The minimum absolute atomic E-state index is 0.0630. The molecule has 0 aliphatic rings. The highest BCUT2D eigenvalue weighted by Gasteiger charge is 2.16. The second-order valence-corrected chi connectivity index (χ2v) is 10.9. The number of rotatable bonds is 29. The van der Waals surface area contributed by atoms with Gasteiger partial charge in [0.15, 0.2) is 6.10 Å². The van der Waals surface area contributed by atoms with Crippen molar-refractivity contribution in [2.75, 3.05) is 13.2 Å². The molecule has 0 radical (unpaired) electrons. The minimum Gasteiger partial charge on any atom is -0.462 e. The van der Waals surface area contributed by atoms with Crippen LogP contribution >= 0.6 is 0 Å². The van der Waals surface area contributed by atoms with E-state index in [2.05, 4.69) is 13.8 Å². The van der Waals surface area contributed by atoms with Gasteiger partial charge in [0, 0.05) is 12.8 Å². The van der Waals surface area contributed by atoms with Crippen molar-refractivity contribution in [1.82, 2.24) is 0 Å². The second-order valence-electron chi connectivity index (χ2n) is 10.9. The van der Waals surface area contributed by atoms with Gasteiger partial charge < -0.3 is 14.6 Å². The lowest BCUT2D eigenvalue weighted by Crippen LogP contribution is -2.28. The summed E-state index contributed by atoms with van der Waals surface area (Å²) in [5.41, 5.74) is 0. The predicted molar refractivity (Wildman–Crippen MR) is 155 cm³/mol. The van der Waals surface area contributed by atoms with Crippen LogP contribution in [0.3, 0.4) is 0 Å². The maximum atomic E-state index is 12.0. The van der Waals surface area contributed by atoms with Crippen molar-refractivity contribution in [2.45, 2.75) is 180 Å². The number of carbonyl (C=O) groups excluding carboxylic acids is 2. The highest BCUT2D eigenvalue weighted by Crippen LogP contribution is 2.15. The first kappa shape index (κ1) is 35.9. The maximum Gasteiger partial charge on any atom is 0.306 e. The van der Waals surface area contributed by atoms with Crippen LogP contribution in [-0.2, 0) is 19.1 Å². The van der Waals surface area contributed by atoms with Crippen molar-refractivity contribution in [3.05, 3.63) is 0 Å². The standard InChI is InChI=1S/C32H62O5/c1-3-5-7-8-9-10-11-12-13-14-15-16-17-18-19-20-21-22-23-25-27-32(35)37-30(28-33)29-36-31(34)26-24-6-4-2/h30,33H,3-29H2,1-2H3. The third-order valence-corrected chi connectivity index (χ3v) is 7.15. The van der Waals surface area contributed by atoms with Gasteiger partial charge in [-0.2, -0.15) is 0 Å². The molecule has 0 heterocycles. The average Bonchev–Trinajstić information content (AvgIpc) is 2.90. The van der Waals surface area contributed by atoms with E-state index in [0.29, 0.717) is 12.8 Å². The molecule has 0 bridgehead atoms. The minimum atomic E-state index is -0.757. The van der Waals surface area contributed by atoms with Crippen LogP contribution in [0.1, 0.15) is 174 Å². The highest BCUT2D eigenvalue weighted by atomic mass is 16.6. The van der Waals surface area contributed by atoms with Crippen molar-refractivity contribution in [3.63, 3.8) is 0 Å². The SMILES string of the molecule is CCCCCCCCCCCCCCCCCCCCCCC(=O)OC(CO)COC(=O)CCCCC. The summed E-state index contributed by atoms with van der Waals surface area (Å²) in [6.45, 7) is 3.97. The Bertz CT molecular complexity index is 494. The number of aliphatic hydroxyl groups is 1. The van der Waals surface area contributed by atoms with Gasteiger partial charge in [0.1, 0.15) is 6.61 Å². The summed E-state index contributed by atoms with van der Waals surface area (Å²) in [4.78, 5) is 23.6. The lowest BCUT2D eigenvalue weighted by Gasteiger charge is -2.15. The first-order valence-corrected chi connectivity index (χ1v) is 16.1. The molecule has 1 N–H and O–H groups in total. The van der Waals surface area contributed by atoms with Gasteiger partial charge in [-0.15, -0.1) is 0 Å². The molecule has 5 nitrogen and oxygen atoms in total. The average molecular weight is 527 g/mol. The van der Waals surface area contributed by atoms with Crippen molar-refractivity contribution in [1.29, 1.82) is 0 Å². The van der Waals surface area contributed by atoms with Gasteiger partial charge in [-0.3, -0.25) is 9.59 Å². The second kappa shape index (κ2) is 29.5. The molecule has 0 saturated carbocycles. The fourth-order valence-electron chi connectivity index (χ4n) is 4.67. The van der Waals surface area contributed by atoms with Gasteiger partial charge in [0.25, 0.3) is 0 Å². The third kappa shape index (κ3) is 27.7. The molecule has 37 heavy (non-hydrogen) atoms. The fraction of sp³-hybridized carbons (Fsp3) is 0.938. The quantitative estimate of drug-likeness (QED) is 0.0776. The molecule has 5 heteroatoms. The Balaban J connectivity index is 3.38. The maximum absolute atomic E-state index is 12.0. The van der Waals surface area contributed by atoms with Gasteiger partial charge >= 0.3 is 11.9 Å². The third-order valence-electron chi connectivity index (χ3n) is 7.15. The molecule has 0 saturated heterocycles. The van der Waals surface area contributed by atoms with Crippen LogP contribution in [0.2, 0.25) is 0 Å². The summed E-state index contributed by atoms with van der Waals surface area (Å²) in [6.07, 6.45) is 29.4. The van der Waals surface area contributed by atoms with Gasteiger partial charge in [-0.25, -0.2) is 0 Å². The molecule has 0 spiro atoms. The Kier molecular flexibility index (Phi) is 28.6. The van der Waals surface area contributed by atoms with E-state index in [-0.39, 0.29) is 25.2 Å². The molecule has 0 aliphatic heterocycles. The van der Waals surface area contributed by atoms with E-state index in [1.165, 1.54) is 109 Å². The van der Waals surface area contributed by atoms with Gasteiger partial charge in [-0.1, -0.05) is 149 Å². The van der Waals surface area contributed by atoms with Crippen LogP contribution in [-0.4, -0.2) is 36.4 Å². The van der Waals surface area contributed by atoms with Gasteiger partial charge in [-0.05, 0) is 12.8 Å². The molecular weight excluding hydrogens is 464 g/mol. The normalized spacial score (nSPS) is 12.0. The van der Waals surface area contributed by atoms with Crippen LogP contribution in [0, 0.1) is 0 Å². The Labute approximate surface area is 229 Å². The number of esters is 2. The van der Waals surface area contributed by atoms with E-state index >= 15 is 0 Å². The number of unbranched alkanes of at least 4 members (excludes halogenated alkanes) is 21. The van der Waals surface area contributed by atoms with Crippen LogP contribution in [0.5, 0.6) is 0 Å². The molecule has 1 unspecified atom stereocenters.